The van der Waals surface area contributed by atoms with Crippen LogP contribution in [-0.4, -0.2) is 0 Å². The lowest BCUT2D eigenvalue weighted by molar-refractivity contribution is 1.30. The second kappa shape index (κ2) is 15.3. The van der Waals surface area contributed by atoms with Crippen LogP contribution in [-0.2, 0) is 0 Å². The summed E-state index contributed by atoms with van der Waals surface area (Å²) in [6.07, 6.45) is 0. The molecule has 0 aliphatic rings. The van der Waals surface area contributed by atoms with E-state index in [9.17, 15) is 0 Å². The van der Waals surface area contributed by atoms with Crippen molar-refractivity contribution >= 4 is 70.9 Å². The topological polar surface area (TPSA) is 3.24 Å². The molecule has 294 valence electrons. The average molecular weight is 800 g/mol. The third-order valence-electron chi connectivity index (χ3n) is 12.8. The molecule has 0 N–H and O–H groups in total. The molecular formula is C62H41N. The smallest absolute Gasteiger partial charge is 0.0540 e. The molecule has 1 nitrogen and oxygen atoms in total. The maximum Gasteiger partial charge on any atom is 0.0540 e. The second-order valence-corrected chi connectivity index (χ2v) is 16.4. The summed E-state index contributed by atoms with van der Waals surface area (Å²) in [5, 5.41) is 12.4. The van der Waals surface area contributed by atoms with Crippen LogP contribution in [0.2, 0.25) is 0 Å². The van der Waals surface area contributed by atoms with Crippen molar-refractivity contribution in [3.63, 3.8) is 0 Å². The average Bonchev–Trinajstić information content (AvgIpc) is 3.36. The van der Waals surface area contributed by atoms with Gasteiger partial charge in [-0.2, -0.15) is 0 Å². The van der Waals surface area contributed by atoms with Crippen molar-refractivity contribution in [3.8, 4) is 44.5 Å². The predicted molar refractivity (Wildman–Crippen MR) is 270 cm³/mol. The molecule has 63 heavy (non-hydrogen) atoms. The number of hydrogen-bond donors (Lipinski definition) is 0. The quantitative estimate of drug-likeness (QED) is 0.145. The molecule has 1 heteroatoms. The number of rotatable bonds is 7. The van der Waals surface area contributed by atoms with Gasteiger partial charge in [-0.25, -0.2) is 0 Å². The SMILES string of the molecule is c1ccc(-c2ccc(N(c3cccc(-c4ccc5c(c4)c(-c4ccccc4)c(-c4ccccc4)c4ccccc45)c3)c3ccc4c(ccc5ccccc54)c3)c3ccccc23)cc1. The van der Waals surface area contributed by atoms with Gasteiger partial charge in [0.1, 0.15) is 0 Å². The zero-order valence-electron chi connectivity index (χ0n) is 34.6. The first-order chi connectivity index (χ1) is 31.3. The fraction of sp³-hybridized carbons (Fsp3) is 0. The molecule has 0 aliphatic carbocycles. The Hall–Kier alpha value is -8.26. The van der Waals surface area contributed by atoms with Crippen LogP contribution in [0, 0.1) is 0 Å². The highest BCUT2D eigenvalue weighted by molar-refractivity contribution is 6.22. The lowest BCUT2D eigenvalue weighted by Crippen LogP contribution is -2.11. The van der Waals surface area contributed by atoms with E-state index in [1.807, 2.05) is 0 Å². The second-order valence-electron chi connectivity index (χ2n) is 16.4. The standard InChI is InChI=1S/C62H41N/c1-4-17-42(18-5-1)52-37-38-60(57-29-14-12-27-54(52)57)63(50-34-36-53-48(40-50)32-31-43-19-10-11-26-51(43)53)49-25-16-24-46(39-49)47-33-35-56-55-28-13-15-30-58(55)61(44-20-6-2-7-21-44)62(59(56)41-47)45-22-8-3-9-23-45/h1-41H. The number of benzene rings is 12. The molecule has 0 unspecified atom stereocenters. The van der Waals surface area contributed by atoms with E-state index in [1.54, 1.807) is 0 Å². The minimum Gasteiger partial charge on any atom is -0.310 e. The number of fused-ring (bicyclic) bond motifs is 7. The van der Waals surface area contributed by atoms with E-state index in [1.165, 1.54) is 92.8 Å². The molecule has 0 fully saturated rings. The minimum atomic E-state index is 1.09. The van der Waals surface area contributed by atoms with Crippen LogP contribution in [0.15, 0.2) is 249 Å². The Morgan fingerprint density at radius 3 is 1.48 bits per heavy atom. The summed E-state index contributed by atoms with van der Waals surface area (Å²) in [4.78, 5) is 2.45. The van der Waals surface area contributed by atoms with Gasteiger partial charge in [0.25, 0.3) is 0 Å². The van der Waals surface area contributed by atoms with Gasteiger partial charge < -0.3 is 4.90 Å². The molecule has 0 bridgehead atoms. The summed E-state index contributed by atoms with van der Waals surface area (Å²) in [6.45, 7) is 0. The van der Waals surface area contributed by atoms with Crippen molar-refractivity contribution in [1.82, 2.24) is 0 Å². The molecule has 12 aromatic rings. The fourth-order valence-corrected chi connectivity index (χ4v) is 9.92. The zero-order valence-corrected chi connectivity index (χ0v) is 34.6. The van der Waals surface area contributed by atoms with E-state index >= 15 is 0 Å². The van der Waals surface area contributed by atoms with Gasteiger partial charge in [0.2, 0.25) is 0 Å². The molecule has 0 aromatic heterocycles. The van der Waals surface area contributed by atoms with Crippen molar-refractivity contribution in [2.24, 2.45) is 0 Å². The molecule has 0 radical (unpaired) electrons. The van der Waals surface area contributed by atoms with Crippen LogP contribution >= 0.6 is 0 Å². The summed E-state index contributed by atoms with van der Waals surface area (Å²) < 4.78 is 0. The molecule has 0 atom stereocenters. The molecule has 0 heterocycles. The van der Waals surface area contributed by atoms with E-state index in [0.717, 1.165) is 22.6 Å². The van der Waals surface area contributed by atoms with Crippen LogP contribution in [0.25, 0.3) is 98.4 Å². The van der Waals surface area contributed by atoms with Crippen LogP contribution in [0.4, 0.5) is 17.1 Å². The molecule has 12 rings (SSSR count). The lowest BCUT2D eigenvalue weighted by atomic mass is 9.84. The van der Waals surface area contributed by atoms with Crippen LogP contribution in [0.1, 0.15) is 0 Å². The fourth-order valence-electron chi connectivity index (χ4n) is 9.92. The van der Waals surface area contributed by atoms with Gasteiger partial charge in [-0.05, 0) is 129 Å². The van der Waals surface area contributed by atoms with Gasteiger partial charge in [-0.1, -0.05) is 212 Å². The van der Waals surface area contributed by atoms with E-state index in [0.29, 0.717) is 0 Å². The Morgan fingerprint density at radius 1 is 0.222 bits per heavy atom. The third-order valence-corrected chi connectivity index (χ3v) is 12.8. The summed E-state index contributed by atoms with van der Waals surface area (Å²) in [5.41, 5.74) is 13.0. The molecule has 0 amide bonds. The highest BCUT2D eigenvalue weighted by Crippen LogP contribution is 2.47. The largest absolute Gasteiger partial charge is 0.310 e. The molecular weight excluding hydrogens is 759 g/mol. The minimum absolute atomic E-state index is 1.09. The summed E-state index contributed by atoms with van der Waals surface area (Å²) in [7, 11) is 0. The van der Waals surface area contributed by atoms with Gasteiger partial charge >= 0.3 is 0 Å². The van der Waals surface area contributed by atoms with Crippen LogP contribution < -0.4 is 4.90 Å². The molecule has 12 aromatic carbocycles. The normalized spacial score (nSPS) is 11.5. The zero-order chi connectivity index (χ0) is 41.7. The van der Waals surface area contributed by atoms with Crippen LogP contribution in [0.3, 0.4) is 0 Å². The highest BCUT2D eigenvalue weighted by atomic mass is 15.1. The summed E-state index contributed by atoms with van der Waals surface area (Å²) in [5.74, 6) is 0. The molecule has 0 saturated heterocycles. The van der Waals surface area contributed by atoms with Gasteiger partial charge in [-0.3, -0.25) is 0 Å². The maximum atomic E-state index is 2.45. The van der Waals surface area contributed by atoms with Crippen molar-refractivity contribution in [2.75, 3.05) is 4.90 Å². The Kier molecular flexibility index (Phi) is 8.90. The van der Waals surface area contributed by atoms with Gasteiger partial charge in [0, 0.05) is 16.8 Å². The highest BCUT2D eigenvalue weighted by Gasteiger charge is 2.21. The molecule has 0 saturated carbocycles. The monoisotopic (exact) mass is 799 g/mol. The van der Waals surface area contributed by atoms with E-state index in [2.05, 4.69) is 254 Å². The Morgan fingerprint density at radius 2 is 0.730 bits per heavy atom. The van der Waals surface area contributed by atoms with Gasteiger partial charge in [0.05, 0.1) is 5.69 Å². The summed E-state index contributed by atoms with van der Waals surface area (Å²) >= 11 is 0. The van der Waals surface area contributed by atoms with Crippen molar-refractivity contribution in [2.45, 2.75) is 0 Å². The number of anilines is 3. The number of nitrogens with zero attached hydrogens (tertiary/aromatic N) is 1. The molecule has 0 aliphatic heterocycles. The van der Waals surface area contributed by atoms with Crippen molar-refractivity contribution < 1.29 is 0 Å². The third kappa shape index (κ3) is 6.33. The van der Waals surface area contributed by atoms with Crippen molar-refractivity contribution in [3.05, 3.63) is 249 Å². The van der Waals surface area contributed by atoms with Crippen molar-refractivity contribution in [1.29, 1.82) is 0 Å². The van der Waals surface area contributed by atoms with E-state index < -0.39 is 0 Å². The van der Waals surface area contributed by atoms with E-state index in [4.69, 9.17) is 0 Å². The van der Waals surface area contributed by atoms with Gasteiger partial charge in [0.15, 0.2) is 0 Å². The first-order valence-electron chi connectivity index (χ1n) is 21.8. The Balaban J connectivity index is 1.09. The van der Waals surface area contributed by atoms with E-state index in [-0.39, 0.29) is 0 Å². The van der Waals surface area contributed by atoms with Crippen LogP contribution in [0.5, 0.6) is 0 Å². The first kappa shape index (κ1) is 36.6. The summed E-state index contributed by atoms with van der Waals surface area (Å²) in [6, 6.07) is 91.1. The maximum absolute atomic E-state index is 2.45. The number of hydrogen-bond acceptors (Lipinski definition) is 1. The Labute approximate surface area is 367 Å². The lowest BCUT2D eigenvalue weighted by Gasteiger charge is -2.28. The first-order valence-corrected chi connectivity index (χ1v) is 21.8. The van der Waals surface area contributed by atoms with Gasteiger partial charge in [-0.15, -0.1) is 0 Å². The predicted octanol–water partition coefficient (Wildman–Crippen LogP) is 17.6. The molecule has 0 spiro atoms. The Bertz CT molecular complexity index is 3670.